The molecule has 0 aliphatic heterocycles. The first kappa shape index (κ1) is 10.3. The van der Waals surface area contributed by atoms with E-state index in [9.17, 15) is 0 Å². The first-order valence-electron chi connectivity index (χ1n) is 6.51. The van der Waals surface area contributed by atoms with Crippen molar-refractivity contribution < 1.29 is 0 Å². The van der Waals surface area contributed by atoms with E-state index in [1.165, 1.54) is 51.4 Å². The second-order valence-corrected chi connectivity index (χ2v) is 5.23. The highest BCUT2D eigenvalue weighted by Crippen LogP contribution is 2.45. The molecule has 1 unspecified atom stereocenters. The lowest BCUT2D eigenvalue weighted by Gasteiger charge is -2.19. The predicted octanol–water partition coefficient (Wildman–Crippen LogP) is 4.70. The summed E-state index contributed by atoms with van der Waals surface area (Å²) < 4.78 is 0. The van der Waals surface area contributed by atoms with Gasteiger partial charge in [-0.15, -0.1) is 0 Å². The SMILES string of the molecule is CCCC(C(C)=C1CCCC1)C1CC1. The van der Waals surface area contributed by atoms with Gasteiger partial charge in [-0.1, -0.05) is 24.5 Å². The third kappa shape index (κ3) is 2.21. The zero-order valence-corrected chi connectivity index (χ0v) is 9.81. The summed E-state index contributed by atoms with van der Waals surface area (Å²) in [6.07, 6.45) is 11.6. The quantitative estimate of drug-likeness (QED) is 0.566. The lowest BCUT2D eigenvalue weighted by Crippen LogP contribution is -2.06. The van der Waals surface area contributed by atoms with E-state index in [1.807, 2.05) is 5.57 Å². The fraction of sp³-hybridized carbons (Fsp3) is 0.857. The fourth-order valence-electron chi connectivity index (χ4n) is 3.07. The summed E-state index contributed by atoms with van der Waals surface area (Å²) in [5.41, 5.74) is 3.63. The predicted molar refractivity (Wildman–Crippen MR) is 62.3 cm³/mol. The fourth-order valence-corrected chi connectivity index (χ4v) is 3.07. The summed E-state index contributed by atoms with van der Waals surface area (Å²) in [7, 11) is 0. The smallest absolute Gasteiger partial charge is 0.0175 e. The van der Waals surface area contributed by atoms with Gasteiger partial charge in [-0.3, -0.25) is 0 Å². The molecule has 2 fully saturated rings. The Bertz CT molecular complexity index is 212. The molecule has 1 atom stereocenters. The summed E-state index contributed by atoms with van der Waals surface area (Å²) in [6.45, 7) is 4.77. The van der Waals surface area contributed by atoms with Gasteiger partial charge in [0.1, 0.15) is 0 Å². The van der Waals surface area contributed by atoms with E-state index >= 15 is 0 Å². The second-order valence-electron chi connectivity index (χ2n) is 5.23. The topological polar surface area (TPSA) is 0 Å². The summed E-state index contributed by atoms with van der Waals surface area (Å²) >= 11 is 0. The minimum atomic E-state index is 0.966. The van der Waals surface area contributed by atoms with Gasteiger partial charge >= 0.3 is 0 Å². The van der Waals surface area contributed by atoms with Gasteiger partial charge in [0.15, 0.2) is 0 Å². The van der Waals surface area contributed by atoms with Crippen LogP contribution in [0.2, 0.25) is 0 Å². The Kier molecular flexibility index (Phi) is 3.30. The summed E-state index contributed by atoms with van der Waals surface area (Å²) in [5, 5.41) is 0. The van der Waals surface area contributed by atoms with E-state index in [0.717, 1.165) is 11.8 Å². The molecule has 0 saturated heterocycles. The highest BCUT2D eigenvalue weighted by Gasteiger charge is 2.32. The summed E-state index contributed by atoms with van der Waals surface area (Å²) in [5.74, 6) is 2.04. The molecule has 2 saturated carbocycles. The molecular weight excluding hydrogens is 168 g/mol. The van der Waals surface area contributed by atoms with Crippen molar-refractivity contribution in [1.29, 1.82) is 0 Å². The molecule has 2 rings (SSSR count). The number of rotatable bonds is 4. The first-order chi connectivity index (χ1) is 6.83. The van der Waals surface area contributed by atoms with Gasteiger partial charge in [0.05, 0.1) is 0 Å². The zero-order valence-electron chi connectivity index (χ0n) is 9.81. The van der Waals surface area contributed by atoms with Crippen LogP contribution in [0, 0.1) is 11.8 Å². The third-order valence-electron chi connectivity index (χ3n) is 4.11. The summed E-state index contributed by atoms with van der Waals surface area (Å²) in [6, 6.07) is 0. The van der Waals surface area contributed by atoms with E-state index in [2.05, 4.69) is 13.8 Å². The molecule has 0 heteroatoms. The molecule has 2 aliphatic rings. The highest BCUT2D eigenvalue weighted by atomic mass is 14.4. The molecule has 0 amide bonds. The van der Waals surface area contributed by atoms with E-state index < -0.39 is 0 Å². The van der Waals surface area contributed by atoms with Crippen LogP contribution in [0.25, 0.3) is 0 Å². The molecular formula is C14H24. The van der Waals surface area contributed by atoms with Gasteiger partial charge in [-0.05, 0) is 63.7 Å². The summed E-state index contributed by atoms with van der Waals surface area (Å²) in [4.78, 5) is 0. The third-order valence-corrected chi connectivity index (χ3v) is 4.11. The zero-order chi connectivity index (χ0) is 9.97. The van der Waals surface area contributed by atoms with Crippen molar-refractivity contribution in [2.24, 2.45) is 11.8 Å². The Morgan fingerprint density at radius 1 is 1.29 bits per heavy atom. The van der Waals surface area contributed by atoms with Gasteiger partial charge in [0.2, 0.25) is 0 Å². The van der Waals surface area contributed by atoms with E-state index in [1.54, 1.807) is 5.57 Å². The Morgan fingerprint density at radius 2 is 1.93 bits per heavy atom. The first-order valence-corrected chi connectivity index (χ1v) is 6.51. The van der Waals surface area contributed by atoms with E-state index in [-0.39, 0.29) is 0 Å². The van der Waals surface area contributed by atoms with Crippen LogP contribution in [0.5, 0.6) is 0 Å². The van der Waals surface area contributed by atoms with Crippen molar-refractivity contribution in [2.75, 3.05) is 0 Å². The molecule has 0 bridgehead atoms. The van der Waals surface area contributed by atoms with Crippen LogP contribution in [0.15, 0.2) is 11.1 Å². The van der Waals surface area contributed by atoms with Gasteiger partial charge in [0, 0.05) is 0 Å². The van der Waals surface area contributed by atoms with Crippen molar-refractivity contribution in [3.63, 3.8) is 0 Å². The minimum absolute atomic E-state index is 0.966. The second kappa shape index (κ2) is 4.51. The van der Waals surface area contributed by atoms with Crippen molar-refractivity contribution in [3.8, 4) is 0 Å². The molecule has 0 N–H and O–H groups in total. The molecule has 0 aromatic heterocycles. The molecule has 2 aliphatic carbocycles. The maximum absolute atomic E-state index is 2.43. The number of hydrogen-bond donors (Lipinski definition) is 0. The van der Waals surface area contributed by atoms with E-state index in [4.69, 9.17) is 0 Å². The van der Waals surface area contributed by atoms with Gasteiger partial charge in [-0.2, -0.15) is 0 Å². The number of allylic oxidation sites excluding steroid dienone is 2. The Balaban J connectivity index is 2.04. The Hall–Kier alpha value is -0.260. The normalized spacial score (nSPS) is 24.0. The largest absolute Gasteiger partial charge is 0.0710 e. The van der Waals surface area contributed by atoms with E-state index in [0.29, 0.717) is 0 Å². The van der Waals surface area contributed by atoms with Gasteiger partial charge in [0.25, 0.3) is 0 Å². The molecule has 0 aromatic rings. The highest BCUT2D eigenvalue weighted by molar-refractivity contribution is 5.19. The lowest BCUT2D eigenvalue weighted by atomic mass is 9.87. The Labute approximate surface area is 88.8 Å². The van der Waals surface area contributed by atoms with Crippen LogP contribution in [0.3, 0.4) is 0 Å². The average Bonchev–Trinajstić information content (AvgIpc) is 2.88. The van der Waals surface area contributed by atoms with Crippen molar-refractivity contribution in [3.05, 3.63) is 11.1 Å². The minimum Gasteiger partial charge on any atom is -0.0710 e. The standard InChI is InChI=1S/C14H24/c1-3-6-14(13-9-10-13)11(2)12-7-4-5-8-12/h13-14H,3-10H2,1-2H3. The Morgan fingerprint density at radius 3 is 2.43 bits per heavy atom. The average molecular weight is 192 g/mol. The molecule has 0 radical (unpaired) electrons. The van der Waals surface area contributed by atoms with Crippen LogP contribution in [-0.4, -0.2) is 0 Å². The van der Waals surface area contributed by atoms with Crippen molar-refractivity contribution in [1.82, 2.24) is 0 Å². The van der Waals surface area contributed by atoms with Crippen LogP contribution < -0.4 is 0 Å². The van der Waals surface area contributed by atoms with Crippen LogP contribution in [0.4, 0.5) is 0 Å². The van der Waals surface area contributed by atoms with Gasteiger partial charge in [-0.25, -0.2) is 0 Å². The monoisotopic (exact) mass is 192 g/mol. The van der Waals surface area contributed by atoms with Crippen LogP contribution >= 0.6 is 0 Å². The molecule has 0 nitrogen and oxygen atoms in total. The molecule has 0 heterocycles. The lowest BCUT2D eigenvalue weighted by molar-refractivity contribution is 0.484. The van der Waals surface area contributed by atoms with Crippen LogP contribution in [-0.2, 0) is 0 Å². The molecule has 14 heavy (non-hydrogen) atoms. The van der Waals surface area contributed by atoms with Crippen molar-refractivity contribution in [2.45, 2.75) is 65.2 Å². The van der Waals surface area contributed by atoms with Crippen molar-refractivity contribution >= 4 is 0 Å². The molecule has 80 valence electrons. The molecule has 0 spiro atoms. The number of hydrogen-bond acceptors (Lipinski definition) is 0. The van der Waals surface area contributed by atoms with Crippen LogP contribution in [0.1, 0.15) is 65.2 Å². The molecule has 0 aromatic carbocycles. The van der Waals surface area contributed by atoms with Gasteiger partial charge < -0.3 is 0 Å². The maximum Gasteiger partial charge on any atom is -0.0175 e. The maximum atomic E-state index is 2.43.